The number of furan rings is 1. The van der Waals surface area contributed by atoms with Gasteiger partial charge in [-0.3, -0.25) is 0 Å². The lowest BCUT2D eigenvalue weighted by molar-refractivity contribution is 0.627. The molecule has 74 valence electrons. The van der Waals surface area contributed by atoms with Gasteiger partial charge in [0.15, 0.2) is 5.88 Å². The zero-order valence-electron chi connectivity index (χ0n) is 8.33. The van der Waals surface area contributed by atoms with E-state index in [-0.39, 0.29) is 0 Å². The van der Waals surface area contributed by atoms with Gasteiger partial charge in [-0.15, -0.1) is 11.8 Å². The van der Waals surface area contributed by atoms with Crippen LogP contribution in [0.25, 0.3) is 11.0 Å². The first-order valence-corrected chi connectivity index (χ1v) is 5.87. The molecule has 0 bridgehead atoms. The van der Waals surface area contributed by atoms with Crippen molar-refractivity contribution in [3.8, 4) is 0 Å². The molecule has 0 unspecified atom stereocenters. The molecule has 0 atom stereocenters. The second-order valence-corrected chi connectivity index (χ2v) is 3.92. The highest BCUT2D eigenvalue weighted by atomic mass is 32.2. The van der Waals surface area contributed by atoms with Crippen LogP contribution in [0.1, 0.15) is 6.92 Å². The van der Waals surface area contributed by atoms with Crippen LogP contribution < -0.4 is 5.32 Å². The maximum atomic E-state index is 5.63. The van der Waals surface area contributed by atoms with E-state index in [2.05, 4.69) is 36.7 Å². The van der Waals surface area contributed by atoms with E-state index in [4.69, 9.17) is 4.42 Å². The van der Waals surface area contributed by atoms with Crippen molar-refractivity contribution in [3.05, 3.63) is 24.3 Å². The van der Waals surface area contributed by atoms with E-state index >= 15 is 0 Å². The normalized spacial score (nSPS) is 10.7. The number of anilines is 1. The Kier molecular flexibility index (Phi) is 2.68. The summed E-state index contributed by atoms with van der Waals surface area (Å²) in [5, 5.41) is 4.31. The average Bonchev–Trinajstić information content (AvgIpc) is 2.59. The van der Waals surface area contributed by atoms with E-state index in [0.29, 0.717) is 0 Å². The predicted octanol–water partition coefficient (Wildman–Crippen LogP) is 3.59. The van der Waals surface area contributed by atoms with Gasteiger partial charge in [-0.25, -0.2) is 0 Å². The summed E-state index contributed by atoms with van der Waals surface area (Å²) in [5.41, 5.74) is 0.952. The summed E-state index contributed by atoms with van der Waals surface area (Å²) in [6, 6.07) is 8.30. The summed E-state index contributed by atoms with van der Waals surface area (Å²) in [6.07, 6.45) is 2.06. The number of nitrogens with one attached hydrogen (secondary N) is 1. The van der Waals surface area contributed by atoms with Crippen LogP contribution in [0.2, 0.25) is 0 Å². The van der Waals surface area contributed by atoms with Crippen molar-refractivity contribution < 1.29 is 4.42 Å². The largest absolute Gasteiger partial charge is 0.441 e. The fourth-order valence-corrected chi connectivity index (χ4v) is 1.83. The van der Waals surface area contributed by atoms with Crippen LogP contribution >= 0.6 is 11.8 Å². The smallest absolute Gasteiger partial charge is 0.194 e. The van der Waals surface area contributed by atoms with Crippen LogP contribution in [0.4, 0.5) is 5.88 Å². The molecule has 0 fully saturated rings. The first kappa shape index (κ1) is 9.46. The van der Waals surface area contributed by atoms with Crippen molar-refractivity contribution in [3.63, 3.8) is 0 Å². The lowest BCUT2D eigenvalue weighted by atomic mass is 10.2. The zero-order valence-corrected chi connectivity index (χ0v) is 9.15. The number of thioether (sulfide) groups is 1. The third kappa shape index (κ3) is 1.73. The maximum Gasteiger partial charge on any atom is 0.194 e. The van der Waals surface area contributed by atoms with Crippen LogP contribution in [-0.4, -0.2) is 12.8 Å². The van der Waals surface area contributed by atoms with Crippen molar-refractivity contribution in [2.75, 3.05) is 18.1 Å². The molecule has 1 heterocycles. The van der Waals surface area contributed by atoms with E-state index in [0.717, 1.165) is 23.4 Å². The van der Waals surface area contributed by atoms with Gasteiger partial charge in [-0.2, -0.15) is 0 Å². The summed E-state index contributed by atoms with van der Waals surface area (Å²) < 4.78 is 5.63. The van der Waals surface area contributed by atoms with Crippen LogP contribution in [0.5, 0.6) is 0 Å². The molecule has 0 amide bonds. The Balaban J connectivity index is 2.43. The molecule has 2 aromatic rings. The Morgan fingerprint density at radius 3 is 2.93 bits per heavy atom. The van der Waals surface area contributed by atoms with Crippen molar-refractivity contribution in [2.45, 2.75) is 11.8 Å². The Bertz CT molecular complexity index is 436. The zero-order chi connectivity index (χ0) is 9.97. The standard InChI is InChI=1S/C11H13NOS/c1-3-12-11-6-8-4-5-9(14-2)7-10(8)13-11/h4-7,12H,3H2,1-2H3. The molecule has 1 aromatic heterocycles. The quantitative estimate of drug-likeness (QED) is 0.779. The highest BCUT2D eigenvalue weighted by Crippen LogP contribution is 2.26. The molecule has 0 spiro atoms. The molecule has 3 heteroatoms. The van der Waals surface area contributed by atoms with Crippen molar-refractivity contribution in [1.29, 1.82) is 0 Å². The van der Waals surface area contributed by atoms with E-state index in [1.165, 1.54) is 4.90 Å². The minimum Gasteiger partial charge on any atom is -0.441 e. The monoisotopic (exact) mass is 207 g/mol. The number of hydrogen-bond donors (Lipinski definition) is 1. The van der Waals surface area contributed by atoms with E-state index in [1.807, 2.05) is 6.07 Å². The van der Waals surface area contributed by atoms with Crippen molar-refractivity contribution in [2.24, 2.45) is 0 Å². The van der Waals surface area contributed by atoms with Gasteiger partial charge in [0.05, 0.1) is 0 Å². The van der Waals surface area contributed by atoms with Crippen molar-refractivity contribution in [1.82, 2.24) is 0 Å². The molecular formula is C11H13NOS. The maximum absolute atomic E-state index is 5.63. The van der Waals surface area contributed by atoms with Gasteiger partial charge in [-0.05, 0) is 31.4 Å². The molecule has 0 radical (unpaired) electrons. The van der Waals surface area contributed by atoms with E-state index in [1.54, 1.807) is 11.8 Å². The molecular weight excluding hydrogens is 194 g/mol. The SMILES string of the molecule is CCNc1cc2ccc(SC)cc2o1. The summed E-state index contributed by atoms with van der Waals surface area (Å²) >= 11 is 1.73. The summed E-state index contributed by atoms with van der Waals surface area (Å²) in [7, 11) is 0. The molecule has 0 saturated carbocycles. The van der Waals surface area contributed by atoms with Gasteiger partial charge < -0.3 is 9.73 Å². The van der Waals surface area contributed by atoms with Crippen LogP contribution in [0.3, 0.4) is 0 Å². The van der Waals surface area contributed by atoms with Gasteiger partial charge in [0, 0.05) is 22.9 Å². The van der Waals surface area contributed by atoms with Gasteiger partial charge in [-0.1, -0.05) is 0 Å². The van der Waals surface area contributed by atoms with E-state index in [9.17, 15) is 0 Å². The Morgan fingerprint density at radius 1 is 1.36 bits per heavy atom. The lowest BCUT2D eigenvalue weighted by Crippen LogP contribution is -1.93. The minimum atomic E-state index is 0.848. The third-order valence-electron chi connectivity index (χ3n) is 2.08. The fourth-order valence-electron chi connectivity index (χ4n) is 1.40. The van der Waals surface area contributed by atoms with Crippen LogP contribution in [0.15, 0.2) is 33.6 Å². The first-order valence-electron chi connectivity index (χ1n) is 4.65. The third-order valence-corrected chi connectivity index (χ3v) is 2.80. The van der Waals surface area contributed by atoms with Gasteiger partial charge in [0.2, 0.25) is 0 Å². The lowest BCUT2D eigenvalue weighted by Gasteiger charge is -1.94. The predicted molar refractivity (Wildman–Crippen MR) is 62.2 cm³/mol. The number of rotatable bonds is 3. The molecule has 0 aliphatic carbocycles. The molecule has 14 heavy (non-hydrogen) atoms. The number of benzene rings is 1. The topological polar surface area (TPSA) is 25.2 Å². The fraction of sp³-hybridized carbons (Fsp3) is 0.273. The van der Waals surface area contributed by atoms with E-state index < -0.39 is 0 Å². The minimum absolute atomic E-state index is 0.848. The van der Waals surface area contributed by atoms with Gasteiger partial charge in [0.25, 0.3) is 0 Å². The average molecular weight is 207 g/mol. The summed E-state index contributed by atoms with van der Waals surface area (Å²) in [4.78, 5) is 1.23. The second kappa shape index (κ2) is 3.96. The van der Waals surface area contributed by atoms with Crippen LogP contribution in [0, 0.1) is 0 Å². The van der Waals surface area contributed by atoms with Crippen molar-refractivity contribution >= 4 is 28.6 Å². The Hall–Kier alpha value is -1.09. The van der Waals surface area contributed by atoms with Gasteiger partial charge in [0.1, 0.15) is 5.58 Å². The molecule has 2 nitrogen and oxygen atoms in total. The molecule has 2 rings (SSSR count). The highest BCUT2D eigenvalue weighted by molar-refractivity contribution is 7.98. The van der Waals surface area contributed by atoms with Gasteiger partial charge >= 0.3 is 0 Å². The summed E-state index contributed by atoms with van der Waals surface area (Å²) in [5.74, 6) is 0.848. The second-order valence-electron chi connectivity index (χ2n) is 3.04. The molecule has 1 N–H and O–H groups in total. The Morgan fingerprint density at radius 2 is 2.21 bits per heavy atom. The highest BCUT2D eigenvalue weighted by Gasteiger charge is 2.02. The summed E-state index contributed by atoms with van der Waals surface area (Å²) in [6.45, 7) is 2.94. The Labute approximate surface area is 87.7 Å². The molecule has 0 aliphatic heterocycles. The number of hydrogen-bond acceptors (Lipinski definition) is 3. The first-order chi connectivity index (χ1) is 6.83. The molecule has 0 aliphatic rings. The van der Waals surface area contributed by atoms with Crippen LogP contribution in [-0.2, 0) is 0 Å². The number of fused-ring (bicyclic) bond motifs is 1. The molecule has 1 aromatic carbocycles. The molecule has 0 saturated heterocycles.